The van der Waals surface area contributed by atoms with Gasteiger partial charge < -0.3 is 4.74 Å². The Morgan fingerprint density at radius 2 is 2.22 bits per heavy atom. The number of carbonyl (C=O) groups is 1. The van der Waals surface area contributed by atoms with Crippen molar-refractivity contribution >= 4 is 21.9 Å². The standard InChI is InChI=1S/C11H11BrF3NO2/c1-2-18-10(17)4-8-7(5-12)6(11(14)15)3-9(13)16-8/h3,11H,2,4-5H2,1H3. The van der Waals surface area contributed by atoms with Crippen molar-refractivity contribution in [2.45, 2.75) is 25.1 Å². The molecular weight excluding hydrogens is 315 g/mol. The van der Waals surface area contributed by atoms with Crippen molar-refractivity contribution in [1.82, 2.24) is 4.98 Å². The maximum atomic E-state index is 13.1. The van der Waals surface area contributed by atoms with Crippen LogP contribution >= 0.6 is 15.9 Å². The lowest BCUT2D eigenvalue weighted by atomic mass is 10.1. The number of pyridine rings is 1. The Balaban J connectivity index is 3.13. The fourth-order valence-corrected chi connectivity index (χ4v) is 2.10. The van der Waals surface area contributed by atoms with Crippen molar-refractivity contribution < 1.29 is 22.7 Å². The number of alkyl halides is 3. The second-order valence-electron chi connectivity index (χ2n) is 3.38. The zero-order chi connectivity index (χ0) is 13.7. The van der Waals surface area contributed by atoms with Gasteiger partial charge in [0.25, 0.3) is 6.43 Å². The maximum absolute atomic E-state index is 13.1. The molecule has 0 amide bonds. The van der Waals surface area contributed by atoms with E-state index < -0.39 is 23.9 Å². The van der Waals surface area contributed by atoms with Gasteiger partial charge >= 0.3 is 5.97 Å². The molecule has 0 radical (unpaired) electrons. The Bertz CT molecular complexity index is 441. The summed E-state index contributed by atoms with van der Waals surface area (Å²) in [7, 11) is 0. The smallest absolute Gasteiger partial charge is 0.311 e. The topological polar surface area (TPSA) is 39.2 Å². The molecule has 0 unspecified atom stereocenters. The van der Waals surface area contributed by atoms with Crippen LogP contribution in [0, 0.1) is 5.95 Å². The fraction of sp³-hybridized carbons (Fsp3) is 0.455. The quantitative estimate of drug-likeness (QED) is 0.474. The number of nitrogens with zero attached hydrogens (tertiary/aromatic N) is 1. The number of aromatic nitrogens is 1. The second-order valence-corrected chi connectivity index (χ2v) is 3.94. The number of carbonyl (C=O) groups excluding carboxylic acids is 1. The maximum Gasteiger partial charge on any atom is 0.311 e. The molecule has 0 aromatic carbocycles. The van der Waals surface area contributed by atoms with E-state index in [0.29, 0.717) is 6.07 Å². The molecular formula is C11H11BrF3NO2. The van der Waals surface area contributed by atoms with Gasteiger partial charge in [-0.25, -0.2) is 13.8 Å². The van der Waals surface area contributed by atoms with Gasteiger partial charge in [0.1, 0.15) is 0 Å². The molecule has 0 saturated carbocycles. The third kappa shape index (κ3) is 3.69. The van der Waals surface area contributed by atoms with Gasteiger partial charge in [-0.3, -0.25) is 4.79 Å². The highest BCUT2D eigenvalue weighted by molar-refractivity contribution is 9.08. The van der Waals surface area contributed by atoms with E-state index in [1.54, 1.807) is 6.92 Å². The number of hydrogen-bond donors (Lipinski definition) is 0. The molecule has 0 atom stereocenters. The normalized spacial score (nSPS) is 10.8. The average molecular weight is 326 g/mol. The summed E-state index contributed by atoms with van der Waals surface area (Å²) in [5.74, 6) is -1.66. The van der Waals surface area contributed by atoms with Gasteiger partial charge in [-0.1, -0.05) is 15.9 Å². The summed E-state index contributed by atoms with van der Waals surface area (Å²) >= 11 is 3.03. The summed E-state index contributed by atoms with van der Waals surface area (Å²) in [5.41, 5.74) is -0.362. The summed E-state index contributed by atoms with van der Waals surface area (Å²) < 4.78 is 43.3. The molecule has 100 valence electrons. The summed E-state index contributed by atoms with van der Waals surface area (Å²) in [6.07, 6.45) is -3.15. The number of ether oxygens (including phenoxy) is 1. The van der Waals surface area contributed by atoms with Crippen LogP contribution in [0.5, 0.6) is 0 Å². The molecule has 0 aliphatic heterocycles. The molecule has 0 aliphatic rings. The van der Waals surface area contributed by atoms with E-state index in [2.05, 4.69) is 25.7 Å². The van der Waals surface area contributed by atoms with Crippen LogP contribution < -0.4 is 0 Å². The van der Waals surface area contributed by atoms with E-state index in [9.17, 15) is 18.0 Å². The lowest BCUT2D eigenvalue weighted by Crippen LogP contribution is -2.13. The Morgan fingerprint density at radius 1 is 1.56 bits per heavy atom. The van der Waals surface area contributed by atoms with Crippen LogP contribution in [-0.4, -0.2) is 17.6 Å². The van der Waals surface area contributed by atoms with Gasteiger partial charge in [-0.2, -0.15) is 4.39 Å². The van der Waals surface area contributed by atoms with E-state index in [1.807, 2.05) is 0 Å². The van der Waals surface area contributed by atoms with Gasteiger partial charge in [0.2, 0.25) is 5.95 Å². The molecule has 1 rings (SSSR count). The lowest BCUT2D eigenvalue weighted by molar-refractivity contribution is -0.142. The molecule has 0 aliphatic carbocycles. The van der Waals surface area contributed by atoms with Crippen LogP contribution in [0.1, 0.15) is 30.2 Å². The summed E-state index contributed by atoms with van der Waals surface area (Å²) in [6, 6.07) is 0.677. The van der Waals surface area contributed by atoms with Crippen molar-refractivity contribution in [3.63, 3.8) is 0 Å². The van der Waals surface area contributed by atoms with E-state index in [1.165, 1.54) is 0 Å². The van der Waals surface area contributed by atoms with Crippen LogP contribution in [0.4, 0.5) is 13.2 Å². The summed E-state index contributed by atoms with van der Waals surface area (Å²) in [6.45, 7) is 1.78. The molecule has 1 heterocycles. The first kappa shape index (κ1) is 14.9. The molecule has 0 saturated heterocycles. The molecule has 1 aromatic heterocycles. The van der Waals surface area contributed by atoms with Gasteiger partial charge in [0, 0.05) is 17.0 Å². The van der Waals surface area contributed by atoms with Gasteiger partial charge in [0.05, 0.1) is 18.7 Å². The number of esters is 1. The summed E-state index contributed by atoms with van der Waals surface area (Å²) in [4.78, 5) is 14.8. The van der Waals surface area contributed by atoms with Crippen LogP contribution in [0.25, 0.3) is 0 Å². The molecule has 3 nitrogen and oxygen atoms in total. The Kier molecular flexibility index (Phi) is 5.58. The number of hydrogen-bond acceptors (Lipinski definition) is 3. The molecule has 18 heavy (non-hydrogen) atoms. The molecule has 1 aromatic rings. The van der Waals surface area contributed by atoms with E-state index in [0.717, 1.165) is 0 Å². The number of halogens is 4. The fourth-order valence-electron chi connectivity index (χ4n) is 1.45. The van der Waals surface area contributed by atoms with Gasteiger partial charge in [-0.15, -0.1) is 0 Å². The lowest BCUT2D eigenvalue weighted by Gasteiger charge is -2.11. The van der Waals surface area contributed by atoms with Crippen molar-refractivity contribution in [3.8, 4) is 0 Å². The first-order chi connectivity index (χ1) is 8.49. The summed E-state index contributed by atoms with van der Waals surface area (Å²) in [5, 5.41) is 0.0642. The molecule has 7 heteroatoms. The minimum atomic E-state index is -2.82. The van der Waals surface area contributed by atoms with Crippen molar-refractivity contribution in [2.75, 3.05) is 6.61 Å². The van der Waals surface area contributed by atoms with Crippen molar-refractivity contribution in [1.29, 1.82) is 0 Å². The minimum absolute atomic E-state index is 0.0272. The largest absolute Gasteiger partial charge is 0.466 e. The Morgan fingerprint density at radius 3 is 2.72 bits per heavy atom. The highest BCUT2D eigenvalue weighted by Crippen LogP contribution is 2.27. The van der Waals surface area contributed by atoms with E-state index in [-0.39, 0.29) is 29.6 Å². The third-order valence-corrected chi connectivity index (χ3v) is 2.76. The van der Waals surface area contributed by atoms with E-state index >= 15 is 0 Å². The predicted molar refractivity (Wildman–Crippen MR) is 62.1 cm³/mol. The Hall–Kier alpha value is -1.11. The van der Waals surface area contributed by atoms with Crippen LogP contribution in [0.15, 0.2) is 6.07 Å². The second kappa shape index (κ2) is 6.72. The molecule has 0 fully saturated rings. The van der Waals surface area contributed by atoms with Crippen molar-refractivity contribution in [3.05, 3.63) is 28.8 Å². The van der Waals surface area contributed by atoms with Gasteiger partial charge in [0.15, 0.2) is 0 Å². The third-order valence-electron chi connectivity index (χ3n) is 2.20. The predicted octanol–water partition coefficient (Wildman–Crippen LogP) is 3.16. The monoisotopic (exact) mass is 325 g/mol. The van der Waals surface area contributed by atoms with Crippen LogP contribution in [0.2, 0.25) is 0 Å². The molecule has 0 bridgehead atoms. The SMILES string of the molecule is CCOC(=O)Cc1nc(F)cc(C(F)F)c1CBr. The average Bonchev–Trinajstić information content (AvgIpc) is 2.28. The van der Waals surface area contributed by atoms with Crippen molar-refractivity contribution in [2.24, 2.45) is 0 Å². The first-order valence-corrected chi connectivity index (χ1v) is 6.29. The minimum Gasteiger partial charge on any atom is -0.466 e. The zero-order valence-electron chi connectivity index (χ0n) is 9.55. The highest BCUT2D eigenvalue weighted by Gasteiger charge is 2.20. The first-order valence-electron chi connectivity index (χ1n) is 5.17. The van der Waals surface area contributed by atoms with Gasteiger partial charge in [-0.05, 0) is 12.5 Å². The van der Waals surface area contributed by atoms with E-state index in [4.69, 9.17) is 0 Å². The van der Waals surface area contributed by atoms with Crippen LogP contribution in [-0.2, 0) is 21.3 Å². The highest BCUT2D eigenvalue weighted by atomic mass is 79.9. The number of rotatable bonds is 5. The molecule has 0 spiro atoms. The zero-order valence-corrected chi connectivity index (χ0v) is 11.1. The molecule has 0 N–H and O–H groups in total. The van der Waals surface area contributed by atoms with Crippen LogP contribution in [0.3, 0.4) is 0 Å². The Labute approximate surface area is 110 Å².